The summed E-state index contributed by atoms with van der Waals surface area (Å²) in [5.74, 6) is 0.144. The third kappa shape index (κ3) is 3.99. The standard InChI is InChI=1S/C24H22N2O3/c1-16-12-13-23(27)22(26-16)11-6-14-25-24(28)29-15-21-19-9-4-2-7-17(19)18-8-3-5-10-20(18)21/h2-13,21,27H,14-15H2,1H3,(H,25,28). The number of fused-ring (bicyclic) bond motifs is 3. The Morgan fingerprint density at radius 1 is 1.07 bits per heavy atom. The van der Waals surface area contributed by atoms with Crippen molar-refractivity contribution >= 4 is 12.2 Å². The predicted octanol–water partition coefficient (Wildman–Crippen LogP) is 4.65. The highest BCUT2D eigenvalue weighted by Gasteiger charge is 2.28. The van der Waals surface area contributed by atoms with Gasteiger partial charge in [-0.25, -0.2) is 9.78 Å². The second-order valence-corrected chi connectivity index (χ2v) is 6.97. The maximum absolute atomic E-state index is 12.1. The largest absolute Gasteiger partial charge is 0.506 e. The molecule has 3 aromatic rings. The third-order valence-corrected chi connectivity index (χ3v) is 5.03. The molecule has 2 aromatic carbocycles. The summed E-state index contributed by atoms with van der Waals surface area (Å²) in [5.41, 5.74) is 6.05. The minimum absolute atomic E-state index is 0.0390. The second-order valence-electron chi connectivity index (χ2n) is 6.97. The van der Waals surface area contributed by atoms with Crippen molar-refractivity contribution in [1.29, 1.82) is 0 Å². The molecule has 4 rings (SSSR count). The summed E-state index contributed by atoms with van der Waals surface area (Å²) >= 11 is 0. The van der Waals surface area contributed by atoms with Gasteiger partial charge >= 0.3 is 6.09 Å². The van der Waals surface area contributed by atoms with Crippen molar-refractivity contribution in [3.63, 3.8) is 0 Å². The second kappa shape index (κ2) is 8.19. The maximum atomic E-state index is 12.1. The first kappa shape index (κ1) is 18.7. The Morgan fingerprint density at radius 3 is 2.41 bits per heavy atom. The van der Waals surface area contributed by atoms with Gasteiger partial charge in [-0.15, -0.1) is 0 Å². The van der Waals surface area contributed by atoms with Crippen LogP contribution < -0.4 is 5.32 Å². The van der Waals surface area contributed by atoms with Crippen molar-refractivity contribution in [2.24, 2.45) is 0 Å². The van der Waals surface area contributed by atoms with Crippen LogP contribution >= 0.6 is 0 Å². The summed E-state index contributed by atoms with van der Waals surface area (Å²) in [4.78, 5) is 16.4. The van der Waals surface area contributed by atoms with Crippen LogP contribution in [0.4, 0.5) is 4.79 Å². The number of nitrogens with zero attached hydrogens (tertiary/aromatic N) is 1. The molecular formula is C24H22N2O3. The summed E-state index contributed by atoms with van der Waals surface area (Å²) < 4.78 is 5.49. The lowest BCUT2D eigenvalue weighted by Crippen LogP contribution is -2.26. The average Bonchev–Trinajstić information content (AvgIpc) is 3.06. The van der Waals surface area contributed by atoms with Crippen molar-refractivity contribution in [3.8, 4) is 16.9 Å². The van der Waals surface area contributed by atoms with Gasteiger partial charge in [0.15, 0.2) is 0 Å². The topological polar surface area (TPSA) is 71.5 Å². The number of carbonyl (C=O) groups is 1. The molecule has 1 heterocycles. The molecule has 1 aliphatic rings. The number of hydrogen-bond acceptors (Lipinski definition) is 4. The van der Waals surface area contributed by atoms with E-state index in [1.165, 1.54) is 22.3 Å². The summed E-state index contributed by atoms with van der Waals surface area (Å²) in [5, 5.41) is 12.5. The summed E-state index contributed by atoms with van der Waals surface area (Å²) in [6.45, 7) is 2.42. The first-order chi connectivity index (χ1) is 14.1. The molecular weight excluding hydrogens is 364 g/mol. The molecule has 1 aliphatic carbocycles. The minimum Gasteiger partial charge on any atom is -0.506 e. The SMILES string of the molecule is Cc1ccc(O)c(C=CCNC(=O)OCC2c3ccccc3-c3ccccc32)n1. The Kier molecular flexibility index (Phi) is 5.29. The average molecular weight is 386 g/mol. The van der Waals surface area contributed by atoms with Crippen LogP contribution in [0.2, 0.25) is 0 Å². The lowest BCUT2D eigenvalue weighted by atomic mass is 9.98. The number of pyridine rings is 1. The molecule has 0 atom stereocenters. The molecule has 0 bridgehead atoms. The van der Waals surface area contributed by atoms with Crippen molar-refractivity contribution in [2.75, 3.05) is 13.2 Å². The Labute approximate surface area is 169 Å². The number of carbonyl (C=O) groups excluding carboxylic acids is 1. The minimum atomic E-state index is -0.474. The maximum Gasteiger partial charge on any atom is 0.407 e. The predicted molar refractivity (Wildman–Crippen MR) is 113 cm³/mol. The molecule has 0 radical (unpaired) electrons. The zero-order valence-electron chi connectivity index (χ0n) is 16.1. The Bertz CT molecular complexity index is 1030. The molecule has 0 aliphatic heterocycles. The molecule has 0 saturated carbocycles. The normalized spacial score (nSPS) is 12.6. The van der Waals surface area contributed by atoms with E-state index in [-0.39, 0.29) is 24.8 Å². The number of aromatic hydroxyl groups is 1. The summed E-state index contributed by atoms with van der Waals surface area (Å²) in [7, 11) is 0. The van der Waals surface area contributed by atoms with E-state index in [0.29, 0.717) is 5.69 Å². The van der Waals surface area contributed by atoms with Gasteiger partial charge in [0.1, 0.15) is 18.1 Å². The van der Waals surface area contributed by atoms with E-state index in [9.17, 15) is 9.90 Å². The molecule has 1 amide bonds. The van der Waals surface area contributed by atoms with Gasteiger partial charge < -0.3 is 15.2 Å². The molecule has 2 N–H and O–H groups in total. The van der Waals surface area contributed by atoms with Crippen LogP contribution in [0.15, 0.2) is 66.7 Å². The fourth-order valence-electron chi connectivity index (χ4n) is 3.65. The number of alkyl carbamates (subject to hydrolysis) is 1. The summed E-state index contributed by atoms with van der Waals surface area (Å²) in [6.07, 6.45) is 2.92. The van der Waals surface area contributed by atoms with Crippen LogP contribution in [0.25, 0.3) is 17.2 Å². The number of amides is 1. The Balaban J connectivity index is 1.34. The number of rotatable bonds is 5. The third-order valence-electron chi connectivity index (χ3n) is 5.03. The number of ether oxygens (including phenoxy) is 1. The Morgan fingerprint density at radius 2 is 1.72 bits per heavy atom. The van der Waals surface area contributed by atoms with Gasteiger partial charge in [0.25, 0.3) is 0 Å². The highest BCUT2D eigenvalue weighted by Crippen LogP contribution is 2.44. The van der Waals surface area contributed by atoms with Crippen molar-refractivity contribution in [1.82, 2.24) is 10.3 Å². The van der Waals surface area contributed by atoms with Crippen LogP contribution in [0.5, 0.6) is 5.75 Å². The molecule has 29 heavy (non-hydrogen) atoms. The number of hydrogen-bond donors (Lipinski definition) is 2. The van der Waals surface area contributed by atoms with E-state index in [0.717, 1.165) is 5.69 Å². The Hall–Kier alpha value is -3.60. The molecule has 0 fully saturated rings. The number of nitrogens with one attached hydrogen (secondary N) is 1. The highest BCUT2D eigenvalue weighted by molar-refractivity contribution is 5.79. The van der Waals surface area contributed by atoms with E-state index >= 15 is 0 Å². The van der Waals surface area contributed by atoms with E-state index in [1.807, 2.05) is 31.2 Å². The number of benzene rings is 2. The van der Waals surface area contributed by atoms with Gasteiger partial charge in [-0.1, -0.05) is 54.6 Å². The molecule has 5 nitrogen and oxygen atoms in total. The van der Waals surface area contributed by atoms with E-state index in [4.69, 9.17) is 4.74 Å². The quantitative estimate of drug-likeness (QED) is 0.670. The van der Waals surface area contributed by atoms with Gasteiger partial charge in [0.05, 0.1) is 0 Å². The van der Waals surface area contributed by atoms with E-state index < -0.39 is 6.09 Å². The first-order valence-corrected chi connectivity index (χ1v) is 9.55. The smallest absolute Gasteiger partial charge is 0.407 e. The van der Waals surface area contributed by atoms with Crippen LogP contribution in [-0.4, -0.2) is 29.3 Å². The highest BCUT2D eigenvalue weighted by atomic mass is 16.5. The lowest BCUT2D eigenvalue weighted by Gasteiger charge is -2.14. The summed E-state index contributed by atoms with van der Waals surface area (Å²) in [6, 6.07) is 19.8. The molecule has 0 saturated heterocycles. The van der Waals surface area contributed by atoms with E-state index in [2.05, 4.69) is 34.6 Å². The lowest BCUT2D eigenvalue weighted by molar-refractivity contribution is 0.144. The van der Waals surface area contributed by atoms with Crippen LogP contribution in [0, 0.1) is 6.92 Å². The molecule has 0 spiro atoms. The monoisotopic (exact) mass is 386 g/mol. The first-order valence-electron chi connectivity index (χ1n) is 9.55. The van der Waals surface area contributed by atoms with Gasteiger partial charge in [-0.05, 0) is 47.4 Å². The van der Waals surface area contributed by atoms with Crippen molar-refractivity contribution < 1.29 is 14.6 Å². The molecule has 1 aromatic heterocycles. The van der Waals surface area contributed by atoms with Gasteiger partial charge in [-0.3, -0.25) is 0 Å². The molecule has 5 heteroatoms. The molecule has 0 unspecified atom stereocenters. The fraction of sp³-hybridized carbons (Fsp3) is 0.167. The number of aromatic nitrogens is 1. The van der Waals surface area contributed by atoms with Crippen molar-refractivity contribution in [3.05, 3.63) is 89.3 Å². The zero-order chi connectivity index (χ0) is 20.2. The van der Waals surface area contributed by atoms with Gasteiger partial charge in [0, 0.05) is 18.2 Å². The number of aryl methyl sites for hydroxylation is 1. The van der Waals surface area contributed by atoms with Gasteiger partial charge in [0.2, 0.25) is 0 Å². The zero-order valence-corrected chi connectivity index (χ0v) is 16.1. The van der Waals surface area contributed by atoms with Crippen LogP contribution in [0.3, 0.4) is 0 Å². The van der Waals surface area contributed by atoms with Gasteiger partial charge in [-0.2, -0.15) is 0 Å². The van der Waals surface area contributed by atoms with Crippen LogP contribution in [0.1, 0.15) is 28.4 Å². The fourth-order valence-corrected chi connectivity index (χ4v) is 3.65. The van der Waals surface area contributed by atoms with Crippen molar-refractivity contribution in [2.45, 2.75) is 12.8 Å². The van der Waals surface area contributed by atoms with E-state index in [1.54, 1.807) is 24.3 Å². The van der Waals surface area contributed by atoms with Crippen LogP contribution in [-0.2, 0) is 4.74 Å². The molecule has 146 valence electrons.